The molecule has 1 aromatic rings. The minimum absolute atomic E-state index is 0.891. The van der Waals surface area contributed by atoms with Gasteiger partial charge < -0.3 is 0 Å². The van der Waals surface area contributed by atoms with E-state index in [2.05, 4.69) is 26.8 Å². The molecule has 0 aliphatic carbocycles. The fraction of sp³-hybridized carbons (Fsp3) is 0.556. The van der Waals surface area contributed by atoms with Gasteiger partial charge in [-0.05, 0) is 18.6 Å². The van der Waals surface area contributed by atoms with Gasteiger partial charge in [0.05, 0.1) is 4.34 Å². The zero-order chi connectivity index (χ0) is 8.69. The number of halogens is 1. The molecule has 0 amide bonds. The number of hydrogen-bond acceptors (Lipinski definition) is 1. The van der Waals surface area contributed by atoms with Crippen LogP contribution in [-0.2, 0) is 6.42 Å². The Morgan fingerprint density at radius 1 is 1.27 bits per heavy atom. The summed E-state index contributed by atoms with van der Waals surface area (Å²) in [5.74, 6) is 0. The van der Waals surface area contributed by atoms with Gasteiger partial charge in [-0.3, -0.25) is 0 Å². The lowest BCUT2D eigenvalue weighted by Gasteiger charge is -1.79. The van der Waals surface area contributed by atoms with Crippen LogP contribution in [0.2, 0.25) is 4.34 Å². The third-order valence-corrected chi connectivity index (χ3v) is 2.35. The van der Waals surface area contributed by atoms with Gasteiger partial charge in [0.1, 0.15) is 0 Å². The summed E-state index contributed by atoms with van der Waals surface area (Å²) in [5.41, 5.74) is 0. The summed E-state index contributed by atoms with van der Waals surface area (Å²) < 4.78 is 0.891. The standard InChI is InChI=1S/C6H7ClS.C3H8/c1-2-5-3-4-6(7)8-5;1-3-2/h3-4H,2H2,1H3;3H2,1-2H3. The summed E-state index contributed by atoms with van der Waals surface area (Å²) >= 11 is 7.31. The number of aryl methyl sites for hydroxylation is 1. The van der Waals surface area contributed by atoms with Crippen LogP contribution in [0.25, 0.3) is 0 Å². The molecule has 0 fully saturated rings. The molecule has 0 bridgehead atoms. The molecule has 0 saturated heterocycles. The van der Waals surface area contributed by atoms with Crippen molar-refractivity contribution >= 4 is 22.9 Å². The van der Waals surface area contributed by atoms with Crippen molar-refractivity contribution in [1.82, 2.24) is 0 Å². The summed E-state index contributed by atoms with van der Waals surface area (Å²) in [6.07, 6.45) is 2.34. The Morgan fingerprint density at radius 2 is 1.82 bits per heavy atom. The van der Waals surface area contributed by atoms with E-state index >= 15 is 0 Å². The van der Waals surface area contributed by atoms with E-state index in [0.717, 1.165) is 10.8 Å². The first-order valence-electron chi connectivity index (χ1n) is 3.98. The first-order valence-corrected chi connectivity index (χ1v) is 5.18. The van der Waals surface area contributed by atoms with E-state index in [1.165, 1.54) is 11.3 Å². The molecule has 0 nitrogen and oxygen atoms in total. The molecular weight excluding hydrogens is 176 g/mol. The van der Waals surface area contributed by atoms with Gasteiger partial charge in [0.25, 0.3) is 0 Å². The molecular formula is C9H15ClS. The molecule has 0 saturated carbocycles. The first-order chi connectivity index (χ1) is 5.24. The van der Waals surface area contributed by atoms with Gasteiger partial charge in [-0.2, -0.15) is 0 Å². The summed E-state index contributed by atoms with van der Waals surface area (Å²) in [4.78, 5) is 1.36. The lowest BCUT2D eigenvalue weighted by Crippen LogP contribution is -1.63. The molecule has 0 atom stereocenters. The maximum absolute atomic E-state index is 5.66. The van der Waals surface area contributed by atoms with E-state index in [9.17, 15) is 0 Å². The van der Waals surface area contributed by atoms with Crippen molar-refractivity contribution in [3.05, 3.63) is 21.3 Å². The van der Waals surface area contributed by atoms with Crippen molar-refractivity contribution in [2.45, 2.75) is 33.6 Å². The maximum Gasteiger partial charge on any atom is 0.0931 e. The Morgan fingerprint density at radius 3 is 2.00 bits per heavy atom. The van der Waals surface area contributed by atoms with Crippen LogP contribution in [0.15, 0.2) is 12.1 Å². The van der Waals surface area contributed by atoms with Crippen molar-refractivity contribution < 1.29 is 0 Å². The molecule has 1 rings (SSSR count). The van der Waals surface area contributed by atoms with Gasteiger partial charge in [-0.1, -0.05) is 38.8 Å². The molecule has 1 aromatic heterocycles. The van der Waals surface area contributed by atoms with Gasteiger partial charge in [-0.25, -0.2) is 0 Å². The van der Waals surface area contributed by atoms with E-state index in [1.807, 2.05) is 6.07 Å². The second kappa shape index (κ2) is 6.68. The molecule has 0 spiro atoms. The third-order valence-electron chi connectivity index (χ3n) is 0.977. The lowest BCUT2D eigenvalue weighted by molar-refractivity contribution is 1.09. The van der Waals surface area contributed by atoms with Crippen LogP contribution in [-0.4, -0.2) is 0 Å². The highest BCUT2D eigenvalue weighted by atomic mass is 35.5. The SMILES string of the molecule is CCC.CCc1ccc(Cl)s1. The van der Waals surface area contributed by atoms with Crippen molar-refractivity contribution in [1.29, 1.82) is 0 Å². The quantitative estimate of drug-likeness (QED) is 0.617. The summed E-state index contributed by atoms with van der Waals surface area (Å²) in [6, 6.07) is 4.00. The Kier molecular flexibility index (Phi) is 6.68. The predicted octanol–water partition coefficient (Wildman–Crippen LogP) is 4.38. The highest BCUT2D eigenvalue weighted by Crippen LogP contribution is 2.21. The average Bonchev–Trinajstić information content (AvgIpc) is 2.37. The molecule has 11 heavy (non-hydrogen) atoms. The van der Waals surface area contributed by atoms with E-state index in [1.54, 1.807) is 11.3 Å². The zero-order valence-electron chi connectivity index (χ0n) is 7.36. The van der Waals surface area contributed by atoms with Crippen molar-refractivity contribution in [3.8, 4) is 0 Å². The van der Waals surface area contributed by atoms with Crippen molar-refractivity contribution in [2.24, 2.45) is 0 Å². The second-order valence-corrected chi connectivity index (χ2v) is 4.07. The Balaban J connectivity index is 0.000000292. The van der Waals surface area contributed by atoms with Crippen LogP contribution in [0.4, 0.5) is 0 Å². The minimum atomic E-state index is 0.891. The van der Waals surface area contributed by atoms with Crippen molar-refractivity contribution in [2.75, 3.05) is 0 Å². The van der Waals surface area contributed by atoms with Gasteiger partial charge >= 0.3 is 0 Å². The van der Waals surface area contributed by atoms with Crippen LogP contribution < -0.4 is 0 Å². The number of thiophene rings is 1. The fourth-order valence-electron chi connectivity index (χ4n) is 0.542. The Hall–Kier alpha value is -0.0100. The predicted molar refractivity (Wildman–Crippen MR) is 54.7 cm³/mol. The molecule has 0 unspecified atom stereocenters. The van der Waals surface area contributed by atoms with Gasteiger partial charge in [0.15, 0.2) is 0 Å². The molecule has 0 aromatic carbocycles. The van der Waals surface area contributed by atoms with E-state index < -0.39 is 0 Å². The van der Waals surface area contributed by atoms with Crippen LogP contribution >= 0.6 is 22.9 Å². The van der Waals surface area contributed by atoms with E-state index in [0.29, 0.717) is 0 Å². The monoisotopic (exact) mass is 190 g/mol. The smallest absolute Gasteiger partial charge is 0.0931 e. The third kappa shape index (κ3) is 5.28. The van der Waals surface area contributed by atoms with Crippen LogP contribution in [0.1, 0.15) is 32.1 Å². The molecule has 0 radical (unpaired) electrons. The first kappa shape index (κ1) is 11.0. The van der Waals surface area contributed by atoms with Gasteiger partial charge in [0, 0.05) is 4.88 Å². The molecule has 1 heterocycles. The average molecular weight is 191 g/mol. The largest absolute Gasteiger partial charge is 0.128 e. The van der Waals surface area contributed by atoms with Gasteiger partial charge in [-0.15, -0.1) is 11.3 Å². The van der Waals surface area contributed by atoms with E-state index in [-0.39, 0.29) is 0 Å². The lowest BCUT2D eigenvalue weighted by atomic mass is 10.4. The van der Waals surface area contributed by atoms with Crippen LogP contribution in [0.5, 0.6) is 0 Å². The van der Waals surface area contributed by atoms with Crippen LogP contribution in [0, 0.1) is 0 Å². The van der Waals surface area contributed by atoms with Crippen LogP contribution in [0.3, 0.4) is 0 Å². The fourth-order valence-corrected chi connectivity index (χ4v) is 1.57. The molecule has 0 N–H and O–H groups in total. The number of hydrogen-bond donors (Lipinski definition) is 0. The topological polar surface area (TPSA) is 0 Å². The Bertz CT molecular complexity index is 181. The summed E-state index contributed by atoms with van der Waals surface area (Å²) in [7, 11) is 0. The second-order valence-electron chi connectivity index (χ2n) is 2.27. The molecule has 2 heteroatoms. The number of rotatable bonds is 1. The van der Waals surface area contributed by atoms with E-state index in [4.69, 9.17) is 11.6 Å². The summed E-state index contributed by atoms with van der Waals surface area (Å²) in [5, 5.41) is 0. The molecule has 0 aliphatic rings. The normalized spacial score (nSPS) is 8.73. The highest BCUT2D eigenvalue weighted by Gasteiger charge is 1.91. The summed E-state index contributed by atoms with van der Waals surface area (Å²) in [6.45, 7) is 6.38. The molecule has 0 aliphatic heterocycles. The minimum Gasteiger partial charge on any atom is -0.128 e. The maximum atomic E-state index is 5.66. The highest BCUT2D eigenvalue weighted by molar-refractivity contribution is 7.16. The van der Waals surface area contributed by atoms with Gasteiger partial charge in [0.2, 0.25) is 0 Å². The Labute approximate surface area is 78.2 Å². The molecule has 64 valence electrons. The zero-order valence-corrected chi connectivity index (χ0v) is 8.93. The van der Waals surface area contributed by atoms with Crippen molar-refractivity contribution in [3.63, 3.8) is 0 Å².